The average molecular weight is 327 g/mol. The van der Waals surface area contributed by atoms with Crippen molar-refractivity contribution in [3.8, 4) is 0 Å². The topological polar surface area (TPSA) is 46.4 Å². The van der Waals surface area contributed by atoms with Crippen molar-refractivity contribution in [3.05, 3.63) is 38.3 Å². The Kier molecular flexibility index (Phi) is 4.26. The largest absolute Gasteiger partial charge is 0.299 e. The molecule has 19 heavy (non-hydrogen) atoms. The Morgan fingerprint density at radius 1 is 1.47 bits per heavy atom. The van der Waals surface area contributed by atoms with Gasteiger partial charge in [-0.3, -0.25) is 15.0 Å². The molecule has 0 N–H and O–H groups in total. The lowest BCUT2D eigenvalue weighted by Gasteiger charge is -2.38. The Labute approximate surface area is 122 Å². The first kappa shape index (κ1) is 14.5. The summed E-state index contributed by atoms with van der Waals surface area (Å²) in [6.45, 7) is 7.48. The second-order valence-corrected chi connectivity index (χ2v) is 6.88. The molecule has 0 unspecified atom stereocenters. The van der Waals surface area contributed by atoms with E-state index < -0.39 is 0 Å². The van der Waals surface area contributed by atoms with Crippen LogP contribution in [0, 0.1) is 15.5 Å². The second kappa shape index (κ2) is 5.59. The number of hydrogen-bond acceptors (Lipinski definition) is 3. The first-order valence-electron chi connectivity index (χ1n) is 6.53. The molecule has 0 aliphatic carbocycles. The van der Waals surface area contributed by atoms with Gasteiger partial charge in [-0.15, -0.1) is 0 Å². The summed E-state index contributed by atoms with van der Waals surface area (Å²) in [5.41, 5.74) is 1.50. The summed E-state index contributed by atoms with van der Waals surface area (Å²) in [6, 6.07) is 5.40. The minimum Gasteiger partial charge on any atom is -0.299 e. The summed E-state index contributed by atoms with van der Waals surface area (Å²) in [5, 5.41) is 10.9. The van der Waals surface area contributed by atoms with Crippen LogP contribution in [0.2, 0.25) is 0 Å². The fourth-order valence-corrected chi connectivity index (χ4v) is 3.13. The summed E-state index contributed by atoms with van der Waals surface area (Å²) in [4.78, 5) is 13.0. The number of hydrogen-bond donors (Lipinski definition) is 0. The highest BCUT2D eigenvalue weighted by atomic mass is 79.9. The van der Waals surface area contributed by atoms with Crippen LogP contribution < -0.4 is 0 Å². The Morgan fingerprint density at radius 3 is 2.84 bits per heavy atom. The molecule has 0 aromatic heterocycles. The molecule has 1 heterocycles. The standard InChI is InChI=1S/C14H19BrN2O2/c1-14(2)6-3-7-16(10-14)9-11-4-5-12(15)13(8-11)17(18)19/h4-5,8H,3,6-7,9-10H2,1-2H3. The van der Waals surface area contributed by atoms with E-state index in [1.165, 1.54) is 12.8 Å². The summed E-state index contributed by atoms with van der Waals surface area (Å²) in [6.07, 6.45) is 2.45. The third kappa shape index (κ3) is 3.76. The van der Waals surface area contributed by atoms with E-state index in [0.717, 1.165) is 25.2 Å². The van der Waals surface area contributed by atoms with E-state index in [4.69, 9.17) is 0 Å². The zero-order valence-electron chi connectivity index (χ0n) is 11.4. The van der Waals surface area contributed by atoms with E-state index in [-0.39, 0.29) is 10.6 Å². The van der Waals surface area contributed by atoms with Crippen molar-refractivity contribution in [1.29, 1.82) is 0 Å². The molecule has 1 aliphatic heterocycles. The van der Waals surface area contributed by atoms with Crippen molar-refractivity contribution in [1.82, 2.24) is 4.90 Å². The predicted molar refractivity (Wildman–Crippen MR) is 79.1 cm³/mol. The molecule has 0 spiro atoms. The molecule has 0 saturated carbocycles. The summed E-state index contributed by atoms with van der Waals surface area (Å²) in [5.74, 6) is 0. The predicted octanol–water partition coefficient (Wildman–Crippen LogP) is 3.98. The van der Waals surface area contributed by atoms with Crippen molar-refractivity contribution in [2.24, 2.45) is 5.41 Å². The zero-order valence-corrected chi connectivity index (χ0v) is 12.9. The molecule has 0 atom stereocenters. The number of likely N-dealkylation sites (tertiary alicyclic amines) is 1. The molecular formula is C14H19BrN2O2. The van der Waals surface area contributed by atoms with E-state index in [2.05, 4.69) is 34.7 Å². The molecule has 1 aromatic rings. The minimum absolute atomic E-state index is 0.147. The molecule has 0 amide bonds. The Balaban J connectivity index is 2.11. The number of piperidine rings is 1. The number of rotatable bonds is 3. The number of nitrogens with zero attached hydrogens (tertiary/aromatic N) is 2. The van der Waals surface area contributed by atoms with Gasteiger partial charge in [-0.05, 0) is 52.4 Å². The minimum atomic E-state index is -0.340. The SMILES string of the molecule is CC1(C)CCCN(Cc2ccc(Br)c([N+](=O)[O-])c2)C1. The molecule has 1 fully saturated rings. The lowest BCUT2D eigenvalue weighted by molar-refractivity contribution is -0.385. The fourth-order valence-electron chi connectivity index (χ4n) is 2.73. The maximum absolute atomic E-state index is 10.9. The van der Waals surface area contributed by atoms with Gasteiger partial charge in [0.05, 0.1) is 9.40 Å². The molecule has 2 rings (SSSR count). The van der Waals surface area contributed by atoms with Gasteiger partial charge in [0, 0.05) is 19.2 Å². The highest BCUT2D eigenvalue weighted by Gasteiger charge is 2.26. The average Bonchev–Trinajstić information content (AvgIpc) is 2.30. The van der Waals surface area contributed by atoms with Crippen molar-refractivity contribution in [2.75, 3.05) is 13.1 Å². The smallest absolute Gasteiger partial charge is 0.283 e. The monoisotopic (exact) mass is 326 g/mol. The van der Waals surface area contributed by atoms with E-state index in [1.54, 1.807) is 12.1 Å². The number of nitro groups is 1. The molecule has 1 aromatic carbocycles. The zero-order chi connectivity index (χ0) is 14.0. The summed E-state index contributed by atoms with van der Waals surface area (Å²) < 4.78 is 0.542. The van der Waals surface area contributed by atoms with Gasteiger partial charge in [0.1, 0.15) is 0 Å². The Morgan fingerprint density at radius 2 is 2.21 bits per heavy atom. The Bertz CT molecular complexity index is 488. The molecular weight excluding hydrogens is 308 g/mol. The first-order valence-corrected chi connectivity index (χ1v) is 7.32. The van der Waals surface area contributed by atoms with Gasteiger partial charge in [0.2, 0.25) is 0 Å². The molecule has 0 radical (unpaired) electrons. The van der Waals surface area contributed by atoms with Crippen molar-refractivity contribution < 1.29 is 4.92 Å². The van der Waals surface area contributed by atoms with Crippen LogP contribution in [0.5, 0.6) is 0 Å². The molecule has 4 nitrogen and oxygen atoms in total. The molecule has 1 saturated heterocycles. The number of benzene rings is 1. The van der Waals surface area contributed by atoms with Crippen LogP contribution in [0.1, 0.15) is 32.3 Å². The molecule has 0 bridgehead atoms. The second-order valence-electron chi connectivity index (χ2n) is 6.02. The van der Waals surface area contributed by atoms with Crippen LogP contribution in [0.15, 0.2) is 22.7 Å². The van der Waals surface area contributed by atoms with Crippen molar-refractivity contribution >= 4 is 21.6 Å². The lowest BCUT2D eigenvalue weighted by atomic mass is 9.84. The molecule has 1 aliphatic rings. The molecule has 104 valence electrons. The highest BCUT2D eigenvalue weighted by Crippen LogP contribution is 2.30. The van der Waals surface area contributed by atoms with Crippen molar-refractivity contribution in [3.63, 3.8) is 0 Å². The van der Waals surface area contributed by atoms with E-state index in [0.29, 0.717) is 9.89 Å². The van der Waals surface area contributed by atoms with Gasteiger partial charge in [-0.25, -0.2) is 0 Å². The van der Waals surface area contributed by atoms with Gasteiger partial charge in [0.25, 0.3) is 5.69 Å². The third-order valence-corrected chi connectivity index (χ3v) is 4.26. The van der Waals surface area contributed by atoms with Gasteiger partial charge in [0.15, 0.2) is 0 Å². The van der Waals surface area contributed by atoms with Crippen molar-refractivity contribution in [2.45, 2.75) is 33.2 Å². The maximum atomic E-state index is 10.9. The Hall–Kier alpha value is -0.940. The summed E-state index contributed by atoms with van der Waals surface area (Å²) in [7, 11) is 0. The van der Waals surface area contributed by atoms with E-state index >= 15 is 0 Å². The normalized spacial score (nSPS) is 19.3. The van der Waals surface area contributed by atoms with Gasteiger partial charge in [-0.2, -0.15) is 0 Å². The lowest BCUT2D eigenvalue weighted by Crippen LogP contribution is -2.39. The number of nitro benzene ring substituents is 1. The third-order valence-electron chi connectivity index (χ3n) is 3.59. The van der Waals surface area contributed by atoms with E-state index in [1.807, 2.05) is 6.07 Å². The molecule has 5 heteroatoms. The van der Waals surface area contributed by atoms with Gasteiger partial charge >= 0.3 is 0 Å². The van der Waals surface area contributed by atoms with Crippen LogP contribution in [0.3, 0.4) is 0 Å². The maximum Gasteiger partial charge on any atom is 0.283 e. The highest BCUT2D eigenvalue weighted by molar-refractivity contribution is 9.10. The quantitative estimate of drug-likeness (QED) is 0.623. The van der Waals surface area contributed by atoms with Gasteiger partial charge < -0.3 is 0 Å². The summed E-state index contributed by atoms with van der Waals surface area (Å²) >= 11 is 3.22. The van der Waals surface area contributed by atoms with Crippen LogP contribution in [-0.4, -0.2) is 22.9 Å². The van der Waals surface area contributed by atoms with Crippen LogP contribution in [0.4, 0.5) is 5.69 Å². The fraction of sp³-hybridized carbons (Fsp3) is 0.571. The van der Waals surface area contributed by atoms with Gasteiger partial charge in [-0.1, -0.05) is 19.9 Å². The van der Waals surface area contributed by atoms with Crippen LogP contribution in [0.25, 0.3) is 0 Å². The van der Waals surface area contributed by atoms with Crippen LogP contribution >= 0.6 is 15.9 Å². The first-order chi connectivity index (χ1) is 8.87. The van der Waals surface area contributed by atoms with E-state index in [9.17, 15) is 10.1 Å². The number of halogens is 1. The van der Waals surface area contributed by atoms with Crippen LogP contribution in [-0.2, 0) is 6.54 Å².